The molecule has 2 aromatic carbocycles. The standard InChI is InChI=1S/C40H52N4O5/c1-26-35(24-44-33-10-6-5-8-29(33)19-20-34(44)38(47)43-40(2,3)4)48-39(49-36(26)30-15-13-28(25-45)14-16-30)31-17-11-27(12-18-31)22-42-37(46)32-9-7-21-41-23-32/h7,9,11-18,21,23,26,29,33-36,39,45H,5-6,8,10,19-20,22,24-25H2,1-4H3,(H,42,46)(H,43,47)/t26-,29-,33-,34-,35+,36+,39+/m1/s1. The minimum absolute atomic E-state index is 0.00785. The molecule has 49 heavy (non-hydrogen) atoms. The van der Waals surface area contributed by atoms with Crippen molar-refractivity contribution < 1.29 is 24.2 Å². The van der Waals surface area contributed by atoms with Crippen molar-refractivity contribution in [1.82, 2.24) is 20.5 Å². The summed E-state index contributed by atoms with van der Waals surface area (Å²) in [5.74, 6) is 0.547. The average Bonchev–Trinajstić information content (AvgIpc) is 3.11. The predicted molar refractivity (Wildman–Crippen MR) is 188 cm³/mol. The summed E-state index contributed by atoms with van der Waals surface area (Å²) in [6.07, 6.45) is 8.87. The van der Waals surface area contributed by atoms with E-state index < -0.39 is 6.29 Å². The Morgan fingerprint density at radius 2 is 1.63 bits per heavy atom. The highest BCUT2D eigenvalue weighted by Crippen LogP contribution is 2.44. The van der Waals surface area contributed by atoms with Gasteiger partial charge in [0, 0.05) is 48.5 Å². The Morgan fingerprint density at radius 1 is 0.918 bits per heavy atom. The van der Waals surface area contributed by atoms with Gasteiger partial charge in [0.2, 0.25) is 5.91 Å². The highest BCUT2D eigenvalue weighted by molar-refractivity contribution is 5.93. The zero-order valence-corrected chi connectivity index (χ0v) is 29.3. The fraction of sp³-hybridized carbons (Fsp3) is 0.525. The maximum atomic E-state index is 13.8. The number of benzene rings is 2. The first kappa shape index (κ1) is 35.2. The van der Waals surface area contributed by atoms with Crippen molar-refractivity contribution in [3.05, 3.63) is 101 Å². The molecule has 2 aliphatic heterocycles. The number of aromatic nitrogens is 1. The minimum Gasteiger partial charge on any atom is -0.392 e. The molecule has 6 rings (SSSR count). The number of piperidine rings is 1. The quantitative estimate of drug-likeness (QED) is 0.248. The smallest absolute Gasteiger partial charge is 0.253 e. The molecular weight excluding hydrogens is 616 g/mol. The Morgan fingerprint density at radius 3 is 2.33 bits per heavy atom. The van der Waals surface area contributed by atoms with Gasteiger partial charge in [-0.05, 0) is 81.2 Å². The topological polar surface area (TPSA) is 113 Å². The van der Waals surface area contributed by atoms with Gasteiger partial charge in [-0.25, -0.2) is 0 Å². The monoisotopic (exact) mass is 668 g/mol. The second-order valence-corrected chi connectivity index (χ2v) is 15.1. The summed E-state index contributed by atoms with van der Waals surface area (Å²) < 4.78 is 13.6. The molecule has 0 spiro atoms. The highest BCUT2D eigenvalue weighted by atomic mass is 16.7. The molecule has 3 fully saturated rings. The second kappa shape index (κ2) is 15.5. The molecule has 9 nitrogen and oxygen atoms in total. The number of aliphatic hydroxyl groups excluding tert-OH is 1. The van der Waals surface area contributed by atoms with Gasteiger partial charge >= 0.3 is 0 Å². The van der Waals surface area contributed by atoms with Crippen LogP contribution in [0.25, 0.3) is 0 Å². The number of rotatable bonds is 9. The van der Waals surface area contributed by atoms with Gasteiger partial charge in [0.1, 0.15) is 0 Å². The summed E-state index contributed by atoms with van der Waals surface area (Å²) in [6, 6.07) is 19.6. The molecule has 3 N–H and O–H groups in total. The largest absolute Gasteiger partial charge is 0.392 e. The van der Waals surface area contributed by atoms with Crippen molar-refractivity contribution in [3.8, 4) is 0 Å². The van der Waals surface area contributed by atoms with E-state index in [1.54, 1.807) is 24.5 Å². The predicted octanol–water partition coefficient (Wildman–Crippen LogP) is 6.23. The molecule has 3 heterocycles. The summed E-state index contributed by atoms with van der Waals surface area (Å²) in [5.41, 5.74) is 3.96. The molecule has 2 saturated heterocycles. The van der Waals surface area contributed by atoms with Crippen molar-refractivity contribution in [2.24, 2.45) is 11.8 Å². The van der Waals surface area contributed by atoms with Crippen LogP contribution in [0.1, 0.15) is 111 Å². The van der Waals surface area contributed by atoms with Crippen LogP contribution in [0.2, 0.25) is 0 Å². The Kier molecular flexibility index (Phi) is 11.1. The van der Waals surface area contributed by atoms with Crippen LogP contribution in [0, 0.1) is 11.8 Å². The number of carbonyl (C=O) groups is 2. The van der Waals surface area contributed by atoms with Crippen LogP contribution in [0.5, 0.6) is 0 Å². The van der Waals surface area contributed by atoms with Gasteiger partial charge < -0.3 is 25.2 Å². The molecule has 0 radical (unpaired) electrons. The van der Waals surface area contributed by atoms with Crippen LogP contribution in [0.4, 0.5) is 0 Å². The van der Waals surface area contributed by atoms with Crippen LogP contribution in [-0.4, -0.2) is 57.1 Å². The normalized spacial score (nSPS) is 27.6. The number of hydrogen-bond donors (Lipinski definition) is 3. The van der Waals surface area contributed by atoms with Gasteiger partial charge in [0.25, 0.3) is 5.91 Å². The molecule has 1 aliphatic carbocycles. The third kappa shape index (κ3) is 8.58. The number of pyridine rings is 1. The van der Waals surface area contributed by atoms with E-state index in [0.29, 0.717) is 30.6 Å². The molecule has 0 unspecified atom stereocenters. The van der Waals surface area contributed by atoms with E-state index in [9.17, 15) is 14.7 Å². The SMILES string of the molecule is C[C@@H]1[C@H](CN2[C@@H](C(=O)NC(C)(C)C)CC[C@H]3CCCC[C@H]32)O[C@H](c2ccc(CNC(=O)c3cccnc3)cc2)O[C@@H]1c1ccc(CO)cc1. The number of aliphatic hydroxyl groups is 1. The number of fused-ring (bicyclic) bond motifs is 1. The van der Waals surface area contributed by atoms with E-state index in [2.05, 4.69) is 27.4 Å². The van der Waals surface area contributed by atoms with Gasteiger partial charge in [-0.3, -0.25) is 19.5 Å². The summed E-state index contributed by atoms with van der Waals surface area (Å²) in [6.45, 7) is 9.34. The third-order valence-electron chi connectivity index (χ3n) is 10.4. The molecule has 9 heteroatoms. The fourth-order valence-corrected chi connectivity index (χ4v) is 7.84. The van der Waals surface area contributed by atoms with Crippen molar-refractivity contribution in [3.63, 3.8) is 0 Å². The van der Waals surface area contributed by atoms with Gasteiger partial charge in [0.15, 0.2) is 6.29 Å². The Bertz CT molecular complexity index is 1540. The number of nitrogens with zero attached hydrogens (tertiary/aromatic N) is 2. The van der Waals surface area contributed by atoms with E-state index >= 15 is 0 Å². The van der Waals surface area contributed by atoms with Gasteiger partial charge in [-0.15, -0.1) is 0 Å². The van der Waals surface area contributed by atoms with Gasteiger partial charge in [-0.1, -0.05) is 68.3 Å². The van der Waals surface area contributed by atoms with Crippen molar-refractivity contribution in [1.29, 1.82) is 0 Å². The first-order valence-corrected chi connectivity index (χ1v) is 17.9. The first-order chi connectivity index (χ1) is 23.6. The molecule has 3 aliphatic rings. The lowest BCUT2D eigenvalue weighted by atomic mass is 9.75. The van der Waals surface area contributed by atoms with Crippen LogP contribution >= 0.6 is 0 Å². The van der Waals surface area contributed by atoms with Crippen LogP contribution in [0.3, 0.4) is 0 Å². The maximum Gasteiger partial charge on any atom is 0.253 e. The molecule has 262 valence electrons. The van der Waals surface area contributed by atoms with E-state index in [4.69, 9.17) is 9.47 Å². The average molecular weight is 669 g/mol. The Labute approximate surface area is 290 Å². The summed E-state index contributed by atoms with van der Waals surface area (Å²) in [7, 11) is 0. The molecule has 0 bridgehead atoms. The zero-order chi connectivity index (χ0) is 34.5. The van der Waals surface area contributed by atoms with E-state index in [1.807, 2.05) is 69.3 Å². The summed E-state index contributed by atoms with van der Waals surface area (Å²) in [4.78, 5) is 32.9. The van der Waals surface area contributed by atoms with Crippen LogP contribution in [0.15, 0.2) is 73.1 Å². The fourth-order valence-electron chi connectivity index (χ4n) is 7.84. The number of amides is 2. The number of carbonyl (C=O) groups excluding carboxylic acids is 2. The highest BCUT2D eigenvalue weighted by Gasteiger charge is 2.46. The Balaban J connectivity index is 1.24. The molecule has 1 saturated carbocycles. The van der Waals surface area contributed by atoms with Crippen molar-refractivity contribution in [2.45, 2.75) is 115 Å². The van der Waals surface area contributed by atoms with Gasteiger partial charge in [0.05, 0.1) is 30.4 Å². The van der Waals surface area contributed by atoms with Crippen molar-refractivity contribution >= 4 is 11.8 Å². The number of ether oxygens (including phenoxy) is 2. The lowest BCUT2D eigenvalue weighted by Gasteiger charge is -2.51. The lowest BCUT2D eigenvalue weighted by Crippen LogP contribution is -2.61. The molecule has 1 aromatic heterocycles. The van der Waals surface area contributed by atoms with Crippen molar-refractivity contribution in [2.75, 3.05) is 6.54 Å². The molecule has 2 amide bonds. The van der Waals surface area contributed by atoms with Gasteiger partial charge in [-0.2, -0.15) is 0 Å². The second-order valence-electron chi connectivity index (χ2n) is 15.1. The van der Waals surface area contributed by atoms with E-state index in [-0.39, 0.29) is 48.1 Å². The maximum absolute atomic E-state index is 13.8. The van der Waals surface area contributed by atoms with Crippen LogP contribution < -0.4 is 10.6 Å². The van der Waals surface area contributed by atoms with E-state index in [1.165, 1.54) is 19.3 Å². The number of hydrogen-bond acceptors (Lipinski definition) is 7. The first-order valence-electron chi connectivity index (χ1n) is 17.9. The summed E-state index contributed by atoms with van der Waals surface area (Å²) in [5, 5.41) is 15.9. The minimum atomic E-state index is -0.614. The number of likely N-dealkylation sites (tertiary alicyclic amines) is 1. The molecule has 3 aromatic rings. The van der Waals surface area contributed by atoms with Crippen LogP contribution in [-0.2, 0) is 27.4 Å². The summed E-state index contributed by atoms with van der Waals surface area (Å²) >= 11 is 0. The Hall–Kier alpha value is -3.63. The molecule has 7 atom stereocenters. The number of nitrogens with one attached hydrogen (secondary N) is 2. The molecular formula is C40H52N4O5. The lowest BCUT2D eigenvalue weighted by molar-refractivity contribution is -0.278. The zero-order valence-electron chi connectivity index (χ0n) is 29.3. The third-order valence-corrected chi connectivity index (χ3v) is 10.4. The van der Waals surface area contributed by atoms with E-state index in [0.717, 1.165) is 41.5 Å².